The Hall–Kier alpha value is -1.62. The number of hydrogen-bond acceptors (Lipinski definition) is 5. The van der Waals surface area contributed by atoms with E-state index >= 15 is 0 Å². The van der Waals surface area contributed by atoms with Crippen LogP contribution in [0.25, 0.3) is 0 Å². The standard InChI is InChI=1S/C20H33N7O.HI/c1-4-5-10-21-20(23-15-19-25-24-16(2)26(19)3)22-14-17(18-9-8-13-28-18)27-11-6-7-12-27;/h8-9,13,17H,4-7,10-12,14-15H2,1-3H3,(H2,21,22,23);1H. The maximum absolute atomic E-state index is 5.72. The van der Waals surface area contributed by atoms with Crippen molar-refractivity contribution in [3.05, 3.63) is 35.8 Å². The van der Waals surface area contributed by atoms with Crippen LogP contribution in [-0.2, 0) is 13.6 Å². The number of guanidine groups is 1. The Labute approximate surface area is 190 Å². The van der Waals surface area contributed by atoms with Gasteiger partial charge >= 0.3 is 0 Å². The van der Waals surface area contributed by atoms with Gasteiger partial charge in [-0.2, -0.15) is 0 Å². The average molecular weight is 515 g/mol. The highest BCUT2D eigenvalue weighted by molar-refractivity contribution is 14.0. The Balaban J connectivity index is 0.00000300. The lowest BCUT2D eigenvalue weighted by molar-refractivity contribution is 0.215. The first-order valence-corrected chi connectivity index (χ1v) is 10.3. The highest BCUT2D eigenvalue weighted by Gasteiger charge is 2.25. The van der Waals surface area contributed by atoms with E-state index in [0.717, 1.165) is 62.4 Å². The fraction of sp³-hybridized carbons (Fsp3) is 0.650. The second-order valence-electron chi connectivity index (χ2n) is 7.32. The van der Waals surface area contributed by atoms with Crippen LogP contribution in [0.4, 0.5) is 0 Å². The summed E-state index contributed by atoms with van der Waals surface area (Å²) >= 11 is 0. The molecule has 1 aliphatic heterocycles. The Morgan fingerprint density at radius 3 is 2.69 bits per heavy atom. The molecule has 0 bridgehead atoms. The van der Waals surface area contributed by atoms with E-state index in [4.69, 9.17) is 9.41 Å². The Morgan fingerprint density at radius 1 is 1.28 bits per heavy atom. The molecule has 0 spiro atoms. The third-order valence-corrected chi connectivity index (χ3v) is 5.30. The number of nitrogens with one attached hydrogen (secondary N) is 2. The van der Waals surface area contributed by atoms with Gasteiger partial charge in [-0.05, 0) is 51.4 Å². The third-order valence-electron chi connectivity index (χ3n) is 5.30. The predicted molar refractivity (Wildman–Crippen MR) is 125 cm³/mol. The van der Waals surface area contributed by atoms with Gasteiger partial charge in [0.25, 0.3) is 0 Å². The van der Waals surface area contributed by atoms with Crippen LogP contribution in [0.1, 0.15) is 56.1 Å². The predicted octanol–water partition coefficient (Wildman–Crippen LogP) is 3.01. The van der Waals surface area contributed by atoms with Crippen molar-refractivity contribution in [2.24, 2.45) is 12.0 Å². The Bertz CT molecular complexity index is 738. The molecule has 162 valence electrons. The second kappa shape index (κ2) is 12.2. The van der Waals surface area contributed by atoms with Crippen LogP contribution in [0.2, 0.25) is 0 Å². The second-order valence-corrected chi connectivity index (χ2v) is 7.32. The maximum Gasteiger partial charge on any atom is 0.191 e. The molecule has 29 heavy (non-hydrogen) atoms. The van der Waals surface area contributed by atoms with Crippen molar-refractivity contribution in [3.63, 3.8) is 0 Å². The zero-order chi connectivity index (χ0) is 19.8. The lowest BCUT2D eigenvalue weighted by Crippen LogP contribution is -2.43. The molecule has 2 aromatic heterocycles. The number of furan rings is 1. The average Bonchev–Trinajstić information content (AvgIpc) is 3.45. The summed E-state index contributed by atoms with van der Waals surface area (Å²) in [5.74, 6) is 3.57. The molecule has 1 aliphatic rings. The first-order chi connectivity index (χ1) is 13.7. The Kier molecular flexibility index (Phi) is 9.92. The molecule has 2 N–H and O–H groups in total. The first kappa shape index (κ1) is 23.7. The Morgan fingerprint density at radius 2 is 2.07 bits per heavy atom. The van der Waals surface area contributed by atoms with E-state index in [2.05, 4.69) is 38.7 Å². The minimum atomic E-state index is 0. The zero-order valence-electron chi connectivity index (χ0n) is 17.7. The number of aromatic nitrogens is 3. The molecule has 0 aliphatic carbocycles. The number of aryl methyl sites for hydroxylation is 1. The summed E-state index contributed by atoms with van der Waals surface area (Å²) in [6.45, 7) is 8.51. The SMILES string of the molecule is CCCCNC(=NCc1nnc(C)n1C)NCC(c1ccco1)N1CCCC1.I. The fourth-order valence-corrected chi connectivity index (χ4v) is 3.43. The van der Waals surface area contributed by atoms with E-state index in [9.17, 15) is 0 Å². The number of rotatable bonds is 9. The van der Waals surface area contributed by atoms with Crippen molar-refractivity contribution in [2.45, 2.75) is 52.1 Å². The number of hydrogen-bond donors (Lipinski definition) is 2. The van der Waals surface area contributed by atoms with Crippen LogP contribution in [0.5, 0.6) is 0 Å². The van der Waals surface area contributed by atoms with E-state index in [1.165, 1.54) is 12.8 Å². The van der Waals surface area contributed by atoms with E-state index in [1.807, 2.05) is 24.6 Å². The highest BCUT2D eigenvalue weighted by atomic mass is 127. The van der Waals surface area contributed by atoms with E-state index in [0.29, 0.717) is 6.54 Å². The molecule has 2 aromatic rings. The molecule has 0 aromatic carbocycles. The van der Waals surface area contributed by atoms with Gasteiger partial charge in [-0.15, -0.1) is 34.2 Å². The van der Waals surface area contributed by atoms with Crippen molar-refractivity contribution < 1.29 is 4.42 Å². The monoisotopic (exact) mass is 515 g/mol. The summed E-state index contributed by atoms with van der Waals surface area (Å²) in [6, 6.07) is 4.24. The molecular weight excluding hydrogens is 481 g/mol. The minimum Gasteiger partial charge on any atom is -0.468 e. The van der Waals surface area contributed by atoms with Gasteiger partial charge in [-0.25, -0.2) is 4.99 Å². The molecular formula is C20H34IN7O. The van der Waals surface area contributed by atoms with Crippen LogP contribution in [-0.4, -0.2) is 51.8 Å². The molecule has 0 amide bonds. The summed E-state index contributed by atoms with van der Waals surface area (Å²) in [5.41, 5.74) is 0. The van der Waals surface area contributed by atoms with Crippen molar-refractivity contribution in [1.29, 1.82) is 0 Å². The molecule has 1 unspecified atom stereocenters. The van der Waals surface area contributed by atoms with Crippen LogP contribution in [0, 0.1) is 6.92 Å². The smallest absolute Gasteiger partial charge is 0.191 e. The zero-order valence-corrected chi connectivity index (χ0v) is 20.1. The summed E-state index contributed by atoms with van der Waals surface area (Å²) in [7, 11) is 1.97. The fourth-order valence-electron chi connectivity index (χ4n) is 3.43. The normalized spacial score (nSPS) is 15.9. The van der Waals surface area contributed by atoms with Gasteiger partial charge in [0, 0.05) is 20.1 Å². The summed E-state index contributed by atoms with van der Waals surface area (Å²) in [6.07, 6.45) is 6.50. The number of likely N-dealkylation sites (tertiary alicyclic amines) is 1. The summed E-state index contributed by atoms with van der Waals surface area (Å²) in [5, 5.41) is 15.3. The van der Waals surface area contributed by atoms with Crippen molar-refractivity contribution >= 4 is 29.9 Å². The largest absolute Gasteiger partial charge is 0.468 e. The molecule has 0 radical (unpaired) electrons. The van der Waals surface area contributed by atoms with Gasteiger partial charge in [0.1, 0.15) is 18.1 Å². The van der Waals surface area contributed by atoms with Crippen molar-refractivity contribution in [3.8, 4) is 0 Å². The van der Waals surface area contributed by atoms with Crippen LogP contribution < -0.4 is 10.6 Å². The number of aliphatic imine (C=N–C) groups is 1. The highest BCUT2D eigenvalue weighted by Crippen LogP contribution is 2.24. The summed E-state index contributed by atoms with van der Waals surface area (Å²) in [4.78, 5) is 7.23. The molecule has 8 nitrogen and oxygen atoms in total. The molecule has 1 saturated heterocycles. The quantitative estimate of drug-likeness (QED) is 0.231. The number of halogens is 1. The molecule has 3 rings (SSSR count). The molecule has 0 saturated carbocycles. The van der Waals surface area contributed by atoms with Gasteiger partial charge in [-0.1, -0.05) is 13.3 Å². The van der Waals surface area contributed by atoms with Crippen LogP contribution in [0.15, 0.2) is 27.8 Å². The van der Waals surface area contributed by atoms with Crippen LogP contribution in [0.3, 0.4) is 0 Å². The number of unbranched alkanes of at least 4 members (excludes halogenated alkanes) is 1. The van der Waals surface area contributed by atoms with Gasteiger partial charge in [0.2, 0.25) is 0 Å². The molecule has 1 fully saturated rings. The minimum absolute atomic E-state index is 0. The van der Waals surface area contributed by atoms with Crippen molar-refractivity contribution in [1.82, 2.24) is 30.3 Å². The molecule has 9 heteroatoms. The lowest BCUT2D eigenvalue weighted by Gasteiger charge is -2.26. The van der Waals surface area contributed by atoms with Gasteiger partial charge in [-0.3, -0.25) is 4.90 Å². The van der Waals surface area contributed by atoms with E-state index < -0.39 is 0 Å². The lowest BCUT2D eigenvalue weighted by atomic mass is 10.2. The van der Waals surface area contributed by atoms with Gasteiger partial charge < -0.3 is 19.6 Å². The van der Waals surface area contributed by atoms with Gasteiger partial charge in [0.15, 0.2) is 11.8 Å². The number of nitrogens with zero attached hydrogens (tertiary/aromatic N) is 5. The molecule has 1 atom stereocenters. The van der Waals surface area contributed by atoms with E-state index in [1.54, 1.807) is 6.26 Å². The summed E-state index contributed by atoms with van der Waals surface area (Å²) < 4.78 is 7.70. The molecule has 3 heterocycles. The third kappa shape index (κ3) is 6.70. The van der Waals surface area contributed by atoms with Crippen LogP contribution >= 0.6 is 24.0 Å². The van der Waals surface area contributed by atoms with Crippen molar-refractivity contribution in [2.75, 3.05) is 26.2 Å². The first-order valence-electron chi connectivity index (χ1n) is 10.3. The maximum atomic E-state index is 5.72. The topological polar surface area (TPSA) is 83.5 Å². The van der Waals surface area contributed by atoms with Gasteiger partial charge in [0.05, 0.1) is 12.3 Å². The van der Waals surface area contributed by atoms with E-state index in [-0.39, 0.29) is 30.0 Å².